The fourth-order valence-corrected chi connectivity index (χ4v) is 3.92. The number of anilines is 1. The summed E-state index contributed by atoms with van der Waals surface area (Å²) in [5.74, 6) is 0. The van der Waals surface area contributed by atoms with Gasteiger partial charge in [-0.2, -0.15) is 0 Å². The molecule has 1 aliphatic heterocycles. The van der Waals surface area contributed by atoms with Gasteiger partial charge in [-0.25, -0.2) is 4.98 Å². The fraction of sp³-hybridized carbons (Fsp3) is 0.529. The highest BCUT2D eigenvalue weighted by Gasteiger charge is 2.22. The van der Waals surface area contributed by atoms with Gasteiger partial charge in [0.15, 0.2) is 5.13 Å². The van der Waals surface area contributed by atoms with Gasteiger partial charge in [-0.1, -0.05) is 6.07 Å². The van der Waals surface area contributed by atoms with E-state index < -0.39 is 0 Å². The van der Waals surface area contributed by atoms with E-state index in [4.69, 9.17) is 5.73 Å². The van der Waals surface area contributed by atoms with Crippen molar-refractivity contribution in [2.45, 2.75) is 31.8 Å². The molecule has 1 fully saturated rings. The second-order valence-corrected chi connectivity index (χ2v) is 7.37. The number of likely N-dealkylation sites (tertiary alicyclic amines) is 1. The van der Waals surface area contributed by atoms with E-state index in [1.807, 2.05) is 18.5 Å². The molecule has 2 N–H and O–H groups in total. The quantitative estimate of drug-likeness (QED) is 0.880. The van der Waals surface area contributed by atoms with E-state index in [-0.39, 0.29) is 0 Å². The van der Waals surface area contributed by atoms with Crippen LogP contribution in [0.15, 0.2) is 30.6 Å². The van der Waals surface area contributed by atoms with E-state index >= 15 is 0 Å². The third-order valence-electron chi connectivity index (χ3n) is 4.57. The molecule has 0 saturated carbocycles. The summed E-state index contributed by atoms with van der Waals surface area (Å²) in [7, 11) is 2.21. The van der Waals surface area contributed by atoms with Crippen molar-refractivity contribution in [2.24, 2.45) is 0 Å². The highest BCUT2D eigenvalue weighted by molar-refractivity contribution is 7.15. The number of hydrogen-bond donors (Lipinski definition) is 1. The van der Waals surface area contributed by atoms with Gasteiger partial charge in [-0.15, -0.1) is 11.3 Å². The summed E-state index contributed by atoms with van der Waals surface area (Å²) in [6.45, 7) is 4.41. The molecule has 23 heavy (non-hydrogen) atoms. The van der Waals surface area contributed by atoms with Crippen LogP contribution in [0.3, 0.4) is 0 Å². The van der Waals surface area contributed by atoms with Crippen molar-refractivity contribution in [2.75, 3.05) is 32.4 Å². The number of nitrogen functional groups attached to an aromatic ring is 1. The van der Waals surface area contributed by atoms with Crippen molar-refractivity contribution in [3.8, 4) is 0 Å². The van der Waals surface area contributed by atoms with Crippen molar-refractivity contribution in [1.29, 1.82) is 0 Å². The Bertz CT molecular complexity index is 592. The van der Waals surface area contributed by atoms with Crippen LogP contribution in [-0.4, -0.2) is 52.5 Å². The molecule has 0 atom stereocenters. The van der Waals surface area contributed by atoms with E-state index in [2.05, 4.69) is 38.9 Å². The lowest BCUT2D eigenvalue weighted by atomic mass is 10.0. The van der Waals surface area contributed by atoms with Crippen LogP contribution < -0.4 is 5.73 Å². The molecule has 1 aliphatic rings. The van der Waals surface area contributed by atoms with Gasteiger partial charge >= 0.3 is 0 Å². The van der Waals surface area contributed by atoms with Gasteiger partial charge in [0.25, 0.3) is 0 Å². The van der Waals surface area contributed by atoms with Gasteiger partial charge in [-0.05, 0) is 45.1 Å². The minimum Gasteiger partial charge on any atom is -0.375 e. The van der Waals surface area contributed by atoms with Gasteiger partial charge < -0.3 is 10.6 Å². The third-order valence-corrected chi connectivity index (χ3v) is 5.38. The summed E-state index contributed by atoms with van der Waals surface area (Å²) in [4.78, 5) is 14.8. The molecular formula is C17H25N5S. The van der Waals surface area contributed by atoms with E-state index in [0.717, 1.165) is 19.5 Å². The summed E-state index contributed by atoms with van der Waals surface area (Å²) < 4.78 is 0. The van der Waals surface area contributed by atoms with Crippen molar-refractivity contribution >= 4 is 16.5 Å². The largest absolute Gasteiger partial charge is 0.375 e. The maximum Gasteiger partial charge on any atom is 0.180 e. The Kier molecular flexibility index (Phi) is 5.59. The van der Waals surface area contributed by atoms with E-state index in [1.165, 1.54) is 36.5 Å². The summed E-state index contributed by atoms with van der Waals surface area (Å²) >= 11 is 1.59. The first-order valence-corrected chi connectivity index (χ1v) is 9.05. The van der Waals surface area contributed by atoms with Crippen molar-refractivity contribution in [3.63, 3.8) is 0 Å². The van der Waals surface area contributed by atoms with Gasteiger partial charge in [0.05, 0.1) is 0 Å². The first kappa shape index (κ1) is 16.4. The average molecular weight is 331 g/mol. The molecule has 1 saturated heterocycles. The smallest absolute Gasteiger partial charge is 0.180 e. The lowest BCUT2D eigenvalue weighted by Gasteiger charge is -2.36. The number of nitrogens with zero attached hydrogens (tertiary/aromatic N) is 4. The Balaban J connectivity index is 1.41. The maximum absolute atomic E-state index is 5.71. The van der Waals surface area contributed by atoms with Gasteiger partial charge in [0, 0.05) is 48.5 Å². The Morgan fingerprint density at radius 3 is 2.78 bits per heavy atom. The average Bonchev–Trinajstić information content (AvgIpc) is 2.99. The zero-order valence-corrected chi connectivity index (χ0v) is 14.5. The maximum atomic E-state index is 5.71. The Labute approximate surface area is 142 Å². The van der Waals surface area contributed by atoms with Crippen LogP contribution in [0.25, 0.3) is 0 Å². The number of piperidine rings is 1. The molecule has 0 unspecified atom stereocenters. The van der Waals surface area contributed by atoms with Gasteiger partial charge in [0.1, 0.15) is 0 Å². The van der Waals surface area contributed by atoms with E-state index in [0.29, 0.717) is 11.2 Å². The van der Waals surface area contributed by atoms with Crippen molar-refractivity contribution < 1.29 is 0 Å². The molecule has 3 rings (SSSR count). The van der Waals surface area contributed by atoms with E-state index in [9.17, 15) is 0 Å². The number of hydrogen-bond acceptors (Lipinski definition) is 6. The summed E-state index contributed by atoms with van der Waals surface area (Å²) in [6, 6.07) is 6.81. The van der Waals surface area contributed by atoms with E-state index in [1.54, 1.807) is 11.3 Å². The number of thiazole rings is 1. The summed E-state index contributed by atoms with van der Waals surface area (Å²) in [5.41, 5.74) is 6.90. The first-order chi connectivity index (χ1) is 11.2. The molecule has 0 aliphatic carbocycles. The molecular weight excluding hydrogens is 306 g/mol. The molecule has 0 spiro atoms. The molecule has 2 aromatic rings. The second-order valence-electron chi connectivity index (χ2n) is 6.22. The summed E-state index contributed by atoms with van der Waals surface area (Å²) in [5, 5.41) is 0.665. The highest BCUT2D eigenvalue weighted by Crippen LogP contribution is 2.21. The number of rotatable bonds is 6. The Morgan fingerprint density at radius 2 is 2.13 bits per heavy atom. The van der Waals surface area contributed by atoms with Crippen molar-refractivity contribution in [1.82, 2.24) is 19.8 Å². The van der Waals surface area contributed by atoms with Crippen LogP contribution in [0.1, 0.15) is 23.4 Å². The van der Waals surface area contributed by atoms with Crippen molar-refractivity contribution in [3.05, 3.63) is 41.2 Å². The third kappa shape index (κ3) is 4.73. The molecule has 0 amide bonds. The molecule has 3 heterocycles. The first-order valence-electron chi connectivity index (χ1n) is 8.23. The molecule has 0 radical (unpaired) electrons. The lowest BCUT2D eigenvalue weighted by Crippen LogP contribution is -2.43. The molecule has 2 aromatic heterocycles. The highest BCUT2D eigenvalue weighted by atomic mass is 32.1. The SMILES string of the molecule is CN(Cc1cnc(N)s1)C1CCN(CCc2ccccn2)CC1. The molecule has 0 bridgehead atoms. The van der Waals surface area contributed by atoms with Crippen LogP contribution in [0, 0.1) is 0 Å². The number of aromatic nitrogens is 2. The topological polar surface area (TPSA) is 58.3 Å². The minimum absolute atomic E-state index is 0.657. The van der Waals surface area contributed by atoms with Crippen LogP contribution in [0.2, 0.25) is 0 Å². The van der Waals surface area contributed by atoms with Crippen LogP contribution in [-0.2, 0) is 13.0 Å². The number of nitrogens with two attached hydrogens (primary N) is 1. The lowest BCUT2D eigenvalue weighted by molar-refractivity contribution is 0.124. The molecule has 124 valence electrons. The summed E-state index contributed by atoms with van der Waals surface area (Å²) in [6.07, 6.45) is 7.28. The van der Waals surface area contributed by atoms with Gasteiger partial charge in [0.2, 0.25) is 0 Å². The predicted octanol–water partition coefficient (Wildman–Crippen LogP) is 2.26. The zero-order chi connectivity index (χ0) is 16.1. The standard InChI is InChI=1S/C17H25N5S/c1-21(13-16-12-20-17(18)23-16)15-6-10-22(11-7-15)9-5-14-4-2-3-8-19-14/h2-4,8,12,15H,5-7,9-11,13H2,1H3,(H2,18,20). The number of pyridine rings is 1. The second kappa shape index (κ2) is 7.86. The molecule has 6 heteroatoms. The fourth-order valence-electron chi connectivity index (χ4n) is 3.17. The monoisotopic (exact) mass is 331 g/mol. The van der Waals surface area contributed by atoms with Crippen LogP contribution in [0.4, 0.5) is 5.13 Å². The predicted molar refractivity (Wildman–Crippen MR) is 95.4 cm³/mol. The zero-order valence-electron chi connectivity index (χ0n) is 13.7. The van der Waals surface area contributed by atoms with Crippen LogP contribution in [0.5, 0.6) is 0 Å². The van der Waals surface area contributed by atoms with Crippen LogP contribution >= 0.6 is 11.3 Å². The minimum atomic E-state index is 0.657. The van der Waals surface area contributed by atoms with Gasteiger partial charge in [-0.3, -0.25) is 9.88 Å². The normalized spacial score (nSPS) is 17.0. The molecule has 5 nitrogen and oxygen atoms in total. The Morgan fingerprint density at radius 1 is 1.30 bits per heavy atom. The Hall–Kier alpha value is -1.50. The molecule has 0 aromatic carbocycles.